The smallest absolute Gasteiger partial charge is 0.336 e. The molecule has 0 saturated carbocycles. The molecule has 3 N–H and O–H groups in total. The highest BCUT2D eigenvalue weighted by molar-refractivity contribution is 7.80. The Hall–Kier alpha value is -1.95. The van der Waals surface area contributed by atoms with Crippen molar-refractivity contribution in [3.05, 3.63) is 29.3 Å². The molecular weight excluding hydrogens is 276 g/mol. The highest BCUT2D eigenvalue weighted by atomic mass is 32.1. The maximum atomic E-state index is 11.8. The highest BCUT2D eigenvalue weighted by Crippen LogP contribution is 2.19. The summed E-state index contributed by atoms with van der Waals surface area (Å²) in [5.41, 5.74) is 0.764. The molecule has 108 valence electrons. The second-order valence-electron chi connectivity index (χ2n) is 5.44. The van der Waals surface area contributed by atoms with Gasteiger partial charge in [0.05, 0.1) is 5.56 Å². The molecule has 20 heavy (non-hydrogen) atoms. The Labute approximate surface area is 123 Å². The number of hydrogen-bond donors (Lipinski definition) is 3. The van der Waals surface area contributed by atoms with Crippen LogP contribution >= 0.6 is 12.2 Å². The van der Waals surface area contributed by atoms with Crippen molar-refractivity contribution in [3.8, 4) is 0 Å². The van der Waals surface area contributed by atoms with Crippen LogP contribution < -0.4 is 10.6 Å². The molecule has 0 unspecified atom stereocenters. The number of carboxylic acid groups (broad SMARTS) is 1. The Morgan fingerprint density at radius 2 is 1.85 bits per heavy atom. The van der Waals surface area contributed by atoms with Crippen LogP contribution in [0.4, 0.5) is 5.69 Å². The van der Waals surface area contributed by atoms with Crippen LogP contribution in [0.3, 0.4) is 0 Å². The minimum atomic E-state index is -1.00. The van der Waals surface area contributed by atoms with Gasteiger partial charge in [-0.3, -0.25) is 4.79 Å². The molecule has 0 aromatic heterocycles. The quantitative estimate of drug-likeness (QED) is 0.731. The molecule has 1 aromatic carbocycles. The molecule has 0 aliphatic heterocycles. The van der Waals surface area contributed by atoms with E-state index in [1.807, 2.05) is 0 Å². The van der Waals surface area contributed by atoms with Crippen LogP contribution in [-0.4, -0.2) is 22.1 Å². The molecule has 1 amide bonds. The third-order valence-electron chi connectivity index (χ3n) is 2.72. The molecule has 1 aromatic rings. The van der Waals surface area contributed by atoms with E-state index in [1.54, 1.807) is 39.8 Å². The van der Waals surface area contributed by atoms with Crippen molar-refractivity contribution >= 4 is 34.9 Å². The average molecular weight is 294 g/mol. The minimum Gasteiger partial charge on any atom is -0.478 e. The maximum Gasteiger partial charge on any atom is 0.336 e. The van der Waals surface area contributed by atoms with Gasteiger partial charge in [0.1, 0.15) is 0 Å². The van der Waals surface area contributed by atoms with Crippen LogP contribution in [0.15, 0.2) is 18.2 Å². The van der Waals surface area contributed by atoms with Gasteiger partial charge in [0.2, 0.25) is 5.91 Å². The number of hydrogen-bond acceptors (Lipinski definition) is 3. The standard InChI is InChI=1S/C14H18N2O3S/c1-8-9(11(17)18)6-5-7-10(8)15-13(20)16-12(19)14(2,3)4/h5-7H,1-4H3,(H,17,18)(H2,15,16,19,20). The first-order valence-electron chi connectivity index (χ1n) is 6.08. The lowest BCUT2D eigenvalue weighted by Crippen LogP contribution is -2.41. The number of thiocarbonyl (C=S) groups is 1. The molecule has 0 bridgehead atoms. The van der Waals surface area contributed by atoms with E-state index in [-0.39, 0.29) is 16.6 Å². The summed E-state index contributed by atoms with van der Waals surface area (Å²) in [6.45, 7) is 7.02. The van der Waals surface area contributed by atoms with E-state index in [2.05, 4.69) is 10.6 Å². The summed E-state index contributed by atoms with van der Waals surface area (Å²) in [5, 5.41) is 14.6. The van der Waals surface area contributed by atoms with Gasteiger partial charge in [-0.2, -0.15) is 0 Å². The van der Waals surface area contributed by atoms with Gasteiger partial charge in [-0.1, -0.05) is 26.8 Å². The lowest BCUT2D eigenvalue weighted by molar-refractivity contribution is -0.126. The Kier molecular flexibility index (Phi) is 4.83. The maximum absolute atomic E-state index is 11.8. The first kappa shape index (κ1) is 16.1. The van der Waals surface area contributed by atoms with Gasteiger partial charge in [-0.15, -0.1) is 0 Å². The van der Waals surface area contributed by atoms with Gasteiger partial charge < -0.3 is 15.7 Å². The average Bonchev–Trinajstić information content (AvgIpc) is 2.30. The zero-order chi connectivity index (χ0) is 15.5. The molecular formula is C14H18N2O3S. The molecule has 0 aliphatic rings. The zero-order valence-electron chi connectivity index (χ0n) is 11.9. The summed E-state index contributed by atoms with van der Waals surface area (Å²) in [5.74, 6) is -1.21. The van der Waals surface area contributed by atoms with E-state index >= 15 is 0 Å². The monoisotopic (exact) mass is 294 g/mol. The summed E-state index contributed by atoms with van der Waals surface area (Å²) in [4.78, 5) is 22.8. The van der Waals surface area contributed by atoms with Crippen molar-refractivity contribution in [3.63, 3.8) is 0 Å². The Balaban J connectivity index is 2.85. The van der Waals surface area contributed by atoms with Crippen molar-refractivity contribution in [1.29, 1.82) is 0 Å². The van der Waals surface area contributed by atoms with Crippen LogP contribution in [0.2, 0.25) is 0 Å². The third-order valence-corrected chi connectivity index (χ3v) is 2.92. The van der Waals surface area contributed by atoms with Crippen molar-refractivity contribution in [2.24, 2.45) is 5.41 Å². The molecule has 0 saturated heterocycles. The van der Waals surface area contributed by atoms with Crippen molar-refractivity contribution in [2.75, 3.05) is 5.32 Å². The summed E-state index contributed by atoms with van der Waals surface area (Å²) >= 11 is 5.06. The number of carbonyl (C=O) groups is 2. The van der Waals surface area contributed by atoms with E-state index in [1.165, 1.54) is 6.07 Å². The fourth-order valence-corrected chi connectivity index (χ4v) is 1.65. The fourth-order valence-electron chi connectivity index (χ4n) is 1.45. The predicted octanol–water partition coefficient (Wildman–Crippen LogP) is 2.55. The number of nitrogens with one attached hydrogen (secondary N) is 2. The normalized spacial score (nSPS) is 10.8. The Bertz CT molecular complexity index is 562. The van der Waals surface area contributed by atoms with E-state index in [0.717, 1.165) is 0 Å². The van der Waals surface area contributed by atoms with Crippen LogP contribution in [0, 0.1) is 12.3 Å². The second-order valence-corrected chi connectivity index (χ2v) is 5.85. The number of carbonyl (C=O) groups excluding carboxylic acids is 1. The van der Waals surface area contributed by atoms with E-state index in [9.17, 15) is 9.59 Å². The van der Waals surface area contributed by atoms with Gasteiger partial charge in [0.25, 0.3) is 0 Å². The summed E-state index contributed by atoms with van der Waals surface area (Å²) < 4.78 is 0. The number of aromatic carboxylic acids is 1. The molecule has 0 fully saturated rings. The lowest BCUT2D eigenvalue weighted by Gasteiger charge is -2.19. The van der Waals surface area contributed by atoms with Crippen molar-refractivity contribution < 1.29 is 14.7 Å². The second kappa shape index (κ2) is 6.00. The molecule has 0 radical (unpaired) electrons. The topological polar surface area (TPSA) is 78.4 Å². The summed E-state index contributed by atoms with van der Waals surface area (Å²) in [6.07, 6.45) is 0. The third kappa shape index (κ3) is 4.03. The first-order chi connectivity index (χ1) is 9.12. The molecule has 0 heterocycles. The highest BCUT2D eigenvalue weighted by Gasteiger charge is 2.22. The number of anilines is 1. The first-order valence-corrected chi connectivity index (χ1v) is 6.49. The molecule has 5 nitrogen and oxygen atoms in total. The summed E-state index contributed by atoms with van der Waals surface area (Å²) in [6, 6.07) is 4.84. The molecule has 0 atom stereocenters. The fraction of sp³-hybridized carbons (Fsp3) is 0.357. The van der Waals surface area contributed by atoms with Gasteiger partial charge in [-0.25, -0.2) is 4.79 Å². The molecule has 0 aliphatic carbocycles. The zero-order valence-corrected chi connectivity index (χ0v) is 12.7. The van der Waals surface area contributed by atoms with Gasteiger partial charge in [-0.05, 0) is 36.8 Å². The van der Waals surface area contributed by atoms with Crippen LogP contribution in [0.5, 0.6) is 0 Å². The number of rotatable bonds is 2. The van der Waals surface area contributed by atoms with Crippen LogP contribution in [0.25, 0.3) is 0 Å². The van der Waals surface area contributed by atoms with Crippen molar-refractivity contribution in [2.45, 2.75) is 27.7 Å². The van der Waals surface area contributed by atoms with E-state index < -0.39 is 11.4 Å². The number of benzene rings is 1. The Morgan fingerprint density at radius 1 is 1.25 bits per heavy atom. The van der Waals surface area contributed by atoms with E-state index in [0.29, 0.717) is 11.3 Å². The largest absolute Gasteiger partial charge is 0.478 e. The Morgan fingerprint density at radius 3 is 2.35 bits per heavy atom. The molecule has 6 heteroatoms. The summed E-state index contributed by atoms with van der Waals surface area (Å²) in [7, 11) is 0. The van der Waals surface area contributed by atoms with Gasteiger partial charge in [0, 0.05) is 11.1 Å². The molecule has 1 rings (SSSR count). The predicted molar refractivity (Wildman–Crippen MR) is 82.0 cm³/mol. The number of amides is 1. The van der Waals surface area contributed by atoms with E-state index in [4.69, 9.17) is 17.3 Å². The van der Waals surface area contributed by atoms with Crippen molar-refractivity contribution in [1.82, 2.24) is 5.32 Å². The van der Waals surface area contributed by atoms with Crippen LogP contribution in [-0.2, 0) is 4.79 Å². The lowest BCUT2D eigenvalue weighted by atomic mass is 9.96. The SMILES string of the molecule is Cc1c(NC(=S)NC(=O)C(C)(C)C)cccc1C(=O)O. The molecule has 0 spiro atoms. The van der Waals surface area contributed by atoms with Gasteiger partial charge in [0.15, 0.2) is 5.11 Å². The number of carboxylic acids is 1. The van der Waals surface area contributed by atoms with Gasteiger partial charge >= 0.3 is 5.97 Å². The van der Waals surface area contributed by atoms with Crippen LogP contribution in [0.1, 0.15) is 36.7 Å². The minimum absolute atomic E-state index is 0.149.